The van der Waals surface area contributed by atoms with Crippen LogP contribution < -0.4 is 4.74 Å². The molecule has 5 rings (SSSR count). The van der Waals surface area contributed by atoms with Gasteiger partial charge in [-0.05, 0) is 66.4 Å². The molecule has 0 unspecified atom stereocenters. The van der Waals surface area contributed by atoms with E-state index >= 15 is 0 Å². The van der Waals surface area contributed by atoms with Gasteiger partial charge in [0.1, 0.15) is 17.3 Å². The van der Waals surface area contributed by atoms with Gasteiger partial charge in [-0.15, -0.1) is 0 Å². The maximum absolute atomic E-state index is 13.2. The van der Waals surface area contributed by atoms with Crippen molar-refractivity contribution in [1.82, 2.24) is 9.88 Å². The average molecular weight is 466 g/mol. The number of amides is 1. The lowest BCUT2D eigenvalue weighted by atomic mass is 10.0. The molecule has 1 aliphatic rings. The maximum Gasteiger partial charge on any atom is 0.416 e. The van der Waals surface area contributed by atoms with Crippen molar-refractivity contribution >= 4 is 17.0 Å². The zero-order chi connectivity index (χ0) is 23.9. The van der Waals surface area contributed by atoms with E-state index in [4.69, 9.17) is 9.15 Å². The average Bonchev–Trinajstić information content (AvgIpc) is 3.49. The van der Waals surface area contributed by atoms with Gasteiger partial charge in [-0.2, -0.15) is 13.2 Å². The normalized spacial score (nSPS) is 16.2. The molecule has 0 radical (unpaired) electrons. The number of methoxy groups -OCH3 is 1. The second kappa shape index (κ2) is 8.52. The highest BCUT2D eigenvalue weighted by Gasteiger charge is 2.34. The summed E-state index contributed by atoms with van der Waals surface area (Å²) in [5.74, 6) is 0.946. The third-order valence-corrected chi connectivity index (χ3v) is 6.07. The van der Waals surface area contributed by atoms with Crippen molar-refractivity contribution in [2.45, 2.75) is 25.1 Å². The van der Waals surface area contributed by atoms with E-state index in [1.54, 1.807) is 54.5 Å². The number of likely N-dealkylation sites (tertiary alicyclic amines) is 1. The number of hydrogen-bond donors (Lipinski definition) is 0. The lowest BCUT2D eigenvalue weighted by Gasteiger charge is -2.22. The number of rotatable bonds is 4. The lowest BCUT2D eigenvalue weighted by molar-refractivity contribution is -0.137. The van der Waals surface area contributed by atoms with Crippen molar-refractivity contribution in [3.8, 4) is 16.9 Å². The predicted octanol–water partition coefficient (Wildman–Crippen LogP) is 6.50. The van der Waals surface area contributed by atoms with Gasteiger partial charge in [0.15, 0.2) is 5.58 Å². The first-order valence-corrected chi connectivity index (χ1v) is 10.9. The summed E-state index contributed by atoms with van der Waals surface area (Å²) < 4.78 is 49.8. The fraction of sp³-hybridized carbons (Fsp3) is 0.231. The number of halogens is 3. The summed E-state index contributed by atoms with van der Waals surface area (Å²) in [6.45, 7) is 0.593. The topological polar surface area (TPSA) is 55.6 Å². The Hall–Kier alpha value is -3.81. The largest absolute Gasteiger partial charge is 0.497 e. The van der Waals surface area contributed by atoms with Gasteiger partial charge in [0.25, 0.3) is 5.91 Å². The number of nitrogens with zero attached hydrogens (tertiary/aromatic N) is 2. The number of benzene rings is 3. The molecule has 1 atom stereocenters. The molecule has 1 amide bonds. The van der Waals surface area contributed by atoms with E-state index in [0.29, 0.717) is 40.4 Å². The maximum atomic E-state index is 13.2. The van der Waals surface area contributed by atoms with Gasteiger partial charge in [0.2, 0.25) is 5.89 Å². The van der Waals surface area contributed by atoms with E-state index in [1.807, 2.05) is 0 Å². The number of oxazole rings is 1. The smallest absolute Gasteiger partial charge is 0.416 e. The molecule has 174 valence electrons. The number of carbonyl (C=O) groups excluding carboxylic acids is 1. The molecule has 3 aromatic carbocycles. The van der Waals surface area contributed by atoms with Gasteiger partial charge < -0.3 is 14.1 Å². The Labute approximate surface area is 193 Å². The third kappa shape index (κ3) is 4.11. The summed E-state index contributed by atoms with van der Waals surface area (Å²) in [5, 5.41) is 0. The van der Waals surface area contributed by atoms with Crippen molar-refractivity contribution in [3.63, 3.8) is 0 Å². The molecular formula is C26H21F3N2O3. The summed E-state index contributed by atoms with van der Waals surface area (Å²) in [6.07, 6.45) is -2.82. The Morgan fingerprint density at radius 3 is 2.56 bits per heavy atom. The lowest BCUT2D eigenvalue weighted by Crippen LogP contribution is -2.30. The molecule has 8 heteroatoms. The van der Waals surface area contributed by atoms with Crippen LogP contribution in [0.4, 0.5) is 13.2 Å². The van der Waals surface area contributed by atoms with E-state index in [-0.39, 0.29) is 11.9 Å². The van der Waals surface area contributed by atoms with Crippen LogP contribution in [-0.2, 0) is 6.18 Å². The zero-order valence-electron chi connectivity index (χ0n) is 18.3. The van der Waals surface area contributed by atoms with E-state index in [0.717, 1.165) is 30.5 Å². The van der Waals surface area contributed by atoms with Crippen molar-refractivity contribution in [1.29, 1.82) is 0 Å². The molecule has 0 saturated carbocycles. The van der Waals surface area contributed by atoms with Crippen molar-refractivity contribution < 1.29 is 27.1 Å². The van der Waals surface area contributed by atoms with Crippen molar-refractivity contribution in [2.75, 3.05) is 13.7 Å². The minimum atomic E-state index is -4.38. The minimum Gasteiger partial charge on any atom is -0.497 e. The summed E-state index contributed by atoms with van der Waals surface area (Å²) in [5.41, 5.74) is 2.38. The Morgan fingerprint density at radius 2 is 1.82 bits per heavy atom. The van der Waals surface area contributed by atoms with Crippen LogP contribution in [0.5, 0.6) is 5.75 Å². The van der Waals surface area contributed by atoms with Crippen LogP contribution in [0, 0.1) is 0 Å². The van der Waals surface area contributed by atoms with Crippen LogP contribution in [0.2, 0.25) is 0 Å². The number of aromatic nitrogens is 1. The van der Waals surface area contributed by atoms with Gasteiger partial charge in [-0.25, -0.2) is 4.98 Å². The van der Waals surface area contributed by atoms with Gasteiger partial charge >= 0.3 is 6.18 Å². The van der Waals surface area contributed by atoms with Crippen molar-refractivity contribution in [3.05, 3.63) is 83.7 Å². The summed E-state index contributed by atoms with van der Waals surface area (Å²) in [4.78, 5) is 19.6. The number of carbonyl (C=O) groups is 1. The third-order valence-electron chi connectivity index (χ3n) is 6.07. The monoisotopic (exact) mass is 466 g/mol. The molecule has 5 nitrogen and oxygen atoms in total. The molecule has 1 aliphatic heterocycles. The molecular weight excluding hydrogens is 445 g/mol. The molecule has 0 N–H and O–H groups in total. The fourth-order valence-corrected chi connectivity index (χ4v) is 4.31. The number of hydrogen-bond acceptors (Lipinski definition) is 4. The Kier molecular flexibility index (Phi) is 5.51. The predicted molar refractivity (Wildman–Crippen MR) is 120 cm³/mol. The zero-order valence-corrected chi connectivity index (χ0v) is 18.3. The molecule has 1 saturated heterocycles. The number of ether oxygens (including phenoxy) is 1. The van der Waals surface area contributed by atoms with Crippen LogP contribution in [-0.4, -0.2) is 29.4 Å². The van der Waals surface area contributed by atoms with Crippen LogP contribution in [0.15, 0.2) is 71.1 Å². The Bertz CT molecular complexity index is 1350. The summed E-state index contributed by atoms with van der Waals surface area (Å²) >= 11 is 0. The SMILES string of the molecule is COc1cccc(C(=O)N2CCC[C@@H]2c2nc3cc(-c4ccc(C(F)(F)F)cc4)ccc3o2)c1. The van der Waals surface area contributed by atoms with Crippen LogP contribution in [0.3, 0.4) is 0 Å². The quantitative estimate of drug-likeness (QED) is 0.345. The fourth-order valence-electron chi connectivity index (χ4n) is 4.31. The van der Waals surface area contributed by atoms with E-state index in [9.17, 15) is 18.0 Å². The summed E-state index contributed by atoms with van der Waals surface area (Å²) in [6, 6.07) is 17.1. The Morgan fingerprint density at radius 1 is 1.06 bits per heavy atom. The molecule has 4 aromatic rings. The highest BCUT2D eigenvalue weighted by Crippen LogP contribution is 2.36. The molecule has 1 fully saturated rings. The van der Waals surface area contributed by atoms with E-state index in [2.05, 4.69) is 4.98 Å². The first-order chi connectivity index (χ1) is 16.3. The van der Waals surface area contributed by atoms with Gasteiger partial charge in [0.05, 0.1) is 12.7 Å². The van der Waals surface area contributed by atoms with Gasteiger partial charge in [-0.3, -0.25) is 4.79 Å². The second-order valence-electron chi connectivity index (χ2n) is 8.20. The molecule has 0 bridgehead atoms. The minimum absolute atomic E-state index is 0.117. The van der Waals surface area contributed by atoms with Gasteiger partial charge in [0, 0.05) is 12.1 Å². The van der Waals surface area contributed by atoms with Crippen LogP contribution in [0.25, 0.3) is 22.2 Å². The van der Waals surface area contributed by atoms with E-state index in [1.165, 1.54) is 12.1 Å². The molecule has 2 heterocycles. The molecule has 34 heavy (non-hydrogen) atoms. The first-order valence-electron chi connectivity index (χ1n) is 10.9. The Balaban J connectivity index is 1.42. The first kappa shape index (κ1) is 22.0. The van der Waals surface area contributed by atoms with Crippen LogP contribution >= 0.6 is 0 Å². The van der Waals surface area contributed by atoms with Crippen molar-refractivity contribution in [2.24, 2.45) is 0 Å². The molecule has 0 spiro atoms. The van der Waals surface area contributed by atoms with Gasteiger partial charge in [-0.1, -0.05) is 24.3 Å². The number of fused-ring (bicyclic) bond motifs is 1. The summed E-state index contributed by atoms with van der Waals surface area (Å²) in [7, 11) is 1.56. The highest BCUT2D eigenvalue weighted by atomic mass is 19.4. The molecule has 0 aliphatic carbocycles. The number of alkyl halides is 3. The standard InChI is InChI=1S/C26H21F3N2O3/c1-33-20-5-2-4-18(14-20)25(32)31-13-3-6-22(31)24-30-21-15-17(9-12-23(21)34-24)16-7-10-19(11-8-16)26(27,28)29/h2,4-5,7-12,14-15,22H,3,6,13H2,1H3/t22-/m1/s1. The highest BCUT2D eigenvalue weighted by molar-refractivity contribution is 5.95. The second-order valence-corrected chi connectivity index (χ2v) is 8.20. The van der Waals surface area contributed by atoms with Crippen LogP contribution in [0.1, 0.15) is 40.7 Å². The van der Waals surface area contributed by atoms with E-state index < -0.39 is 11.7 Å². The molecule has 1 aromatic heterocycles.